The third-order valence-corrected chi connectivity index (χ3v) is 3.63. The minimum Gasteiger partial charge on any atom is -0.451 e. The van der Waals surface area contributed by atoms with Gasteiger partial charge in [0, 0.05) is 5.56 Å². The third-order valence-electron chi connectivity index (χ3n) is 3.63. The van der Waals surface area contributed by atoms with Crippen LogP contribution in [0.1, 0.15) is 25.3 Å². The Bertz CT molecular complexity index is 665. The molecule has 0 bridgehead atoms. The van der Waals surface area contributed by atoms with E-state index in [2.05, 4.69) is 11.2 Å². The van der Waals surface area contributed by atoms with E-state index in [4.69, 9.17) is 14.4 Å². The van der Waals surface area contributed by atoms with Crippen molar-refractivity contribution in [2.45, 2.75) is 26.4 Å². The summed E-state index contributed by atoms with van der Waals surface area (Å²) in [7, 11) is 2.70. The Balaban J connectivity index is 2.09. The van der Waals surface area contributed by atoms with Crippen molar-refractivity contribution < 1.29 is 19.2 Å². The average molecular weight is 330 g/mol. The summed E-state index contributed by atoms with van der Waals surface area (Å²) in [6, 6.07) is 7.27. The highest BCUT2D eigenvalue weighted by Crippen LogP contribution is 2.22. The first kappa shape index (κ1) is 17.7. The molecule has 1 aromatic rings. The molecule has 0 saturated heterocycles. The number of oxime groups is 1. The van der Waals surface area contributed by atoms with Crippen molar-refractivity contribution in [1.82, 2.24) is 0 Å². The molecule has 0 saturated carbocycles. The monoisotopic (exact) mass is 330 g/mol. The standard InChI is InChI=1S/C18H22N2O4/c1-14(15-9-5-4-6-10-15)19-24-13-16-11-7-8-12-17(16)20(23-3)18(21)22-2/h4-5,7-9,11-12H,6,10,13H2,1-3H3/b19-14+. The summed E-state index contributed by atoms with van der Waals surface area (Å²) in [6.07, 6.45) is 7.57. The van der Waals surface area contributed by atoms with E-state index >= 15 is 0 Å². The predicted molar refractivity (Wildman–Crippen MR) is 92.7 cm³/mol. The lowest BCUT2D eigenvalue weighted by Crippen LogP contribution is -2.30. The summed E-state index contributed by atoms with van der Waals surface area (Å²) in [4.78, 5) is 22.4. The van der Waals surface area contributed by atoms with Gasteiger partial charge in [0.1, 0.15) is 6.61 Å². The highest BCUT2D eigenvalue weighted by atomic mass is 16.7. The molecule has 0 unspecified atom stereocenters. The Morgan fingerprint density at radius 2 is 2.08 bits per heavy atom. The van der Waals surface area contributed by atoms with E-state index in [-0.39, 0.29) is 6.61 Å². The summed E-state index contributed by atoms with van der Waals surface area (Å²) >= 11 is 0. The zero-order valence-electron chi connectivity index (χ0n) is 14.2. The zero-order chi connectivity index (χ0) is 17.4. The van der Waals surface area contributed by atoms with Crippen molar-refractivity contribution in [3.05, 3.63) is 53.6 Å². The molecule has 1 aromatic carbocycles. The van der Waals surface area contributed by atoms with E-state index in [1.54, 1.807) is 6.07 Å². The van der Waals surface area contributed by atoms with E-state index in [0.717, 1.165) is 29.2 Å². The Labute approximate surface area is 141 Å². The van der Waals surface area contributed by atoms with Crippen LogP contribution in [0, 0.1) is 0 Å². The average Bonchev–Trinajstić information content (AvgIpc) is 2.64. The maximum atomic E-state index is 11.8. The van der Waals surface area contributed by atoms with E-state index in [1.165, 1.54) is 19.8 Å². The van der Waals surface area contributed by atoms with Crippen LogP contribution in [0.3, 0.4) is 0 Å². The number of amides is 1. The number of anilines is 1. The molecule has 0 atom stereocenters. The molecule has 0 fully saturated rings. The number of methoxy groups -OCH3 is 1. The van der Waals surface area contributed by atoms with Crippen LogP contribution in [0.15, 0.2) is 53.2 Å². The molecule has 24 heavy (non-hydrogen) atoms. The molecule has 0 heterocycles. The molecule has 0 aliphatic heterocycles. The molecule has 6 heteroatoms. The first-order valence-electron chi connectivity index (χ1n) is 7.70. The molecular formula is C18H22N2O4. The summed E-state index contributed by atoms with van der Waals surface area (Å²) in [5.74, 6) is 0. The fourth-order valence-electron chi connectivity index (χ4n) is 2.35. The number of rotatable bonds is 6. The number of hydroxylamine groups is 1. The van der Waals surface area contributed by atoms with Crippen molar-refractivity contribution in [1.29, 1.82) is 0 Å². The lowest BCUT2D eigenvalue weighted by Gasteiger charge is -2.20. The molecule has 0 N–H and O–H groups in total. The molecule has 1 aliphatic carbocycles. The predicted octanol–water partition coefficient (Wildman–Crippen LogP) is 3.99. The van der Waals surface area contributed by atoms with Gasteiger partial charge in [-0.3, -0.25) is 4.84 Å². The zero-order valence-corrected chi connectivity index (χ0v) is 14.2. The topological polar surface area (TPSA) is 60.4 Å². The van der Waals surface area contributed by atoms with E-state index in [9.17, 15) is 4.79 Å². The van der Waals surface area contributed by atoms with Gasteiger partial charge in [0.15, 0.2) is 0 Å². The van der Waals surface area contributed by atoms with Crippen molar-refractivity contribution in [3.63, 3.8) is 0 Å². The minimum absolute atomic E-state index is 0.216. The lowest BCUT2D eigenvalue weighted by molar-refractivity contribution is 0.111. The smallest absolute Gasteiger partial charge is 0.438 e. The second-order valence-electron chi connectivity index (χ2n) is 5.18. The number of allylic oxidation sites excluding steroid dienone is 4. The van der Waals surface area contributed by atoms with E-state index in [1.807, 2.05) is 37.3 Å². The summed E-state index contributed by atoms with van der Waals surface area (Å²) in [5, 5.41) is 5.25. The normalized spacial score (nSPS) is 14.1. The first-order chi connectivity index (χ1) is 11.7. The lowest BCUT2D eigenvalue weighted by atomic mass is 10.0. The van der Waals surface area contributed by atoms with Crippen LogP contribution in [0.5, 0.6) is 0 Å². The summed E-state index contributed by atoms with van der Waals surface area (Å²) in [5.41, 5.74) is 3.34. The highest BCUT2D eigenvalue weighted by molar-refractivity contribution is 5.98. The van der Waals surface area contributed by atoms with Crippen molar-refractivity contribution in [2.75, 3.05) is 19.3 Å². The van der Waals surface area contributed by atoms with Gasteiger partial charge < -0.3 is 9.57 Å². The maximum absolute atomic E-state index is 11.8. The van der Waals surface area contributed by atoms with Gasteiger partial charge in [0.2, 0.25) is 0 Å². The molecule has 0 aromatic heterocycles. The van der Waals surface area contributed by atoms with Gasteiger partial charge in [-0.15, -0.1) is 0 Å². The van der Waals surface area contributed by atoms with Gasteiger partial charge in [-0.1, -0.05) is 41.6 Å². The number of para-hydroxylation sites is 1. The molecule has 128 valence electrons. The number of ether oxygens (including phenoxy) is 1. The second kappa shape index (κ2) is 8.88. The third kappa shape index (κ3) is 4.45. The van der Waals surface area contributed by atoms with Gasteiger partial charge in [0.05, 0.1) is 25.6 Å². The molecule has 1 aliphatic rings. The van der Waals surface area contributed by atoms with E-state index < -0.39 is 6.09 Å². The van der Waals surface area contributed by atoms with Crippen molar-refractivity contribution in [3.8, 4) is 0 Å². The van der Waals surface area contributed by atoms with Gasteiger partial charge in [-0.25, -0.2) is 4.79 Å². The number of carbonyl (C=O) groups is 1. The van der Waals surface area contributed by atoms with E-state index in [0.29, 0.717) is 5.69 Å². The SMILES string of the molecule is COC(=O)N(OC)c1ccccc1CO/N=C(\C)C1=CC=CCC1. The van der Waals surface area contributed by atoms with Crippen molar-refractivity contribution in [2.24, 2.45) is 5.16 Å². The second-order valence-corrected chi connectivity index (χ2v) is 5.18. The Kier molecular flexibility index (Phi) is 6.57. The largest absolute Gasteiger partial charge is 0.451 e. The van der Waals surface area contributed by atoms with Crippen LogP contribution in [-0.4, -0.2) is 26.0 Å². The number of benzene rings is 1. The van der Waals surface area contributed by atoms with Gasteiger partial charge in [-0.05, 0) is 31.4 Å². The van der Waals surface area contributed by atoms with Crippen LogP contribution in [0.4, 0.5) is 10.5 Å². The fraction of sp³-hybridized carbons (Fsp3) is 0.333. The Hall–Kier alpha value is -2.60. The Morgan fingerprint density at radius 1 is 1.29 bits per heavy atom. The van der Waals surface area contributed by atoms with Crippen LogP contribution in [-0.2, 0) is 21.0 Å². The van der Waals surface area contributed by atoms with Crippen molar-refractivity contribution >= 4 is 17.5 Å². The number of hydrogen-bond acceptors (Lipinski definition) is 5. The highest BCUT2D eigenvalue weighted by Gasteiger charge is 2.19. The fourth-order valence-corrected chi connectivity index (χ4v) is 2.35. The quantitative estimate of drug-likeness (QED) is 0.584. The van der Waals surface area contributed by atoms with Crippen LogP contribution >= 0.6 is 0 Å². The maximum Gasteiger partial charge on any atom is 0.438 e. The molecular weight excluding hydrogens is 308 g/mol. The molecule has 6 nitrogen and oxygen atoms in total. The molecule has 1 amide bonds. The van der Waals surface area contributed by atoms with Gasteiger partial charge >= 0.3 is 6.09 Å². The van der Waals surface area contributed by atoms with Crippen LogP contribution in [0.25, 0.3) is 0 Å². The first-order valence-corrected chi connectivity index (χ1v) is 7.70. The molecule has 0 spiro atoms. The number of nitrogens with zero attached hydrogens (tertiary/aromatic N) is 2. The Morgan fingerprint density at radius 3 is 2.75 bits per heavy atom. The summed E-state index contributed by atoms with van der Waals surface area (Å²) < 4.78 is 4.71. The molecule has 2 rings (SSSR count). The minimum atomic E-state index is -0.608. The van der Waals surface area contributed by atoms with Crippen LogP contribution < -0.4 is 5.06 Å². The molecule has 0 radical (unpaired) electrons. The number of carbonyl (C=O) groups excluding carboxylic acids is 1. The van der Waals surface area contributed by atoms with Gasteiger partial charge in [0.25, 0.3) is 0 Å². The summed E-state index contributed by atoms with van der Waals surface area (Å²) in [6.45, 7) is 2.14. The number of hydrogen-bond donors (Lipinski definition) is 0. The van der Waals surface area contributed by atoms with Crippen LogP contribution in [0.2, 0.25) is 0 Å². The van der Waals surface area contributed by atoms with Gasteiger partial charge in [-0.2, -0.15) is 5.06 Å².